The molecule has 0 bridgehead atoms. The van der Waals surface area contributed by atoms with Crippen molar-refractivity contribution < 1.29 is 14.3 Å². The van der Waals surface area contributed by atoms with Crippen LogP contribution in [0, 0.1) is 11.8 Å². The molecule has 1 amide bonds. The number of ether oxygens (including phenoxy) is 2. The molecular weight excluding hydrogens is 316 g/mol. The van der Waals surface area contributed by atoms with Crippen LogP contribution in [0.3, 0.4) is 0 Å². The molecule has 1 saturated carbocycles. The van der Waals surface area contributed by atoms with E-state index in [0.717, 1.165) is 37.0 Å². The second-order valence-electron chi connectivity index (χ2n) is 7.47. The van der Waals surface area contributed by atoms with Crippen LogP contribution in [0.4, 0.5) is 0 Å². The van der Waals surface area contributed by atoms with Crippen molar-refractivity contribution in [2.75, 3.05) is 13.7 Å². The lowest BCUT2D eigenvalue weighted by atomic mass is 9.85. The van der Waals surface area contributed by atoms with E-state index in [2.05, 4.69) is 19.2 Å². The number of carbonyl (C=O) groups excluding carboxylic acids is 1. The highest BCUT2D eigenvalue weighted by Gasteiger charge is 2.26. The molecule has 3 unspecified atom stereocenters. The van der Waals surface area contributed by atoms with E-state index in [1.807, 2.05) is 25.1 Å². The second-order valence-corrected chi connectivity index (χ2v) is 7.47. The molecule has 1 aromatic rings. The summed E-state index contributed by atoms with van der Waals surface area (Å²) in [6.07, 6.45) is 3.76. The Morgan fingerprint density at radius 1 is 1.28 bits per heavy atom. The number of amides is 1. The normalized spacial score (nSPS) is 21.7. The summed E-state index contributed by atoms with van der Waals surface area (Å²) in [7, 11) is 1.63. The molecule has 25 heavy (non-hydrogen) atoms. The van der Waals surface area contributed by atoms with Crippen LogP contribution < -0.4 is 20.5 Å². The summed E-state index contributed by atoms with van der Waals surface area (Å²) in [6.45, 7) is 6.85. The van der Waals surface area contributed by atoms with E-state index in [0.29, 0.717) is 18.3 Å². The Balaban J connectivity index is 2.00. The maximum Gasteiger partial charge on any atom is 0.223 e. The highest BCUT2D eigenvalue weighted by atomic mass is 16.5. The molecular formula is C20H32N2O3. The van der Waals surface area contributed by atoms with Crippen molar-refractivity contribution in [1.29, 1.82) is 0 Å². The zero-order valence-electron chi connectivity index (χ0n) is 15.9. The lowest BCUT2D eigenvalue weighted by Gasteiger charge is -2.27. The van der Waals surface area contributed by atoms with Crippen LogP contribution in [0.15, 0.2) is 18.2 Å². The summed E-state index contributed by atoms with van der Waals surface area (Å²) in [5.41, 5.74) is 7.00. The van der Waals surface area contributed by atoms with Gasteiger partial charge in [0.15, 0.2) is 11.5 Å². The Morgan fingerprint density at radius 2 is 2.04 bits per heavy atom. The van der Waals surface area contributed by atoms with E-state index in [4.69, 9.17) is 15.2 Å². The molecule has 3 N–H and O–H groups in total. The number of nitrogens with one attached hydrogen (secondary N) is 1. The Labute approximate surface area is 151 Å². The molecule has 1 aromatic carbocycles. The van der Waals surface area contributed by atoms with Gasteiger partial charge in [-0.15, -0.1) is 0 Å². The van der Waals surface area contributed by atoms with Gasteiger partial charge in [0.05, 0.1) is 19.8 Å². The Hall–Kier alpha value is -1.75. The van der Waals surface area contributed by atoms with Gasteiger partial charge < -0.3 is 20.5 Å². The van der Waals surface area contributed by atoms with Crippen molar-refractivity contribution in [2.45, 2.75) is 58.5 Å². The summed E-state index contributed by atoms with van der Waals surface area (Å²) in [4.78, 5) is 12.5. The minimum absolute atomic E-state index is 0.0294. The fraction of sp³-hybridized carbons (Fsp3) is 0.650. The van der Waals surface area contributed by atoms with Gasteiger partial charge in [-0.25, -0.2) is 0 Å². The minimum atomic E-state index is -0.0845. The predicted molar refractivity (Wildman–Crippen MR) is 99.8 cm³/mol. The zero-order valence-corrected chi connectivity index (χ0v) is 15.9. The maximum absolute atomic E-state index is 12.5. The molecule has 5 heteroatoms. The van der Waals surface area contributed by atoms with Gasteiger partial charge in [-0.1, -0.05) is 26.3 Å². The smallest absolute Gasteiger partial charge is 0.223 e. The fourth-order valence-electron chi connectivity index (χ4n) is 3.21. The first-order valence-electron chi connectivity index (χ1n) is 9.27. The number of methoxy groups -OCH3 is 1. The topological polar surface area (TPSA) is 73.6 Å². The molecule has 2 rings (SSSR count). The van der Waals surface area contributed by atoms with Crippen LogP contribution in [0.5, 0.6) is 11.5 Å². The van der Waals surface area contributed by atoms with Crippen LogP contribution in [0.2, 0.25) is 0 Å². The third-order valence-corrected chi connectivity index (χ3v) is 4.70. The van der Waals surface area contributed by atoms with Crippen LogP contribution >= 0.6 is 0 Å². The van der Waals surface area contributed by atoms with E-state index < -0.39 is 0 Å². The van der Waals surface area contributed by atoms with Crippen LogP contribution in [0.25, 0.3) is 0 Å². The largest absolute Gasteiger partial charge is 0.493 e. The number of rotatable bonds is 7. The van der Waals surface area contributed by atoms with E-state index in [1.165, 1.54) is 0 Å². The van der Waals surface area contributed by atoms with Crippen LogP contribution in [-0.4, -0.2) is 25.7 Å². The SMILES string of the molecule is COc1cc(C(C)NC(=O)C2CCCC(N)C2)ccc1OCC(C)C. The summed E-state index contributed by atoms with van der Waals surface area (Å²) in [5, 5.41) is 3.12. The molecule has 0 aromatic heterocycles. The van der Waals surface area contributed by atoms with Gasteiger partial charge in [0, 0.05) is 12.0 Å². The molecule has 3 atom stereocenters. The van der Waals surface area contributed by atoms with Gasteiger partial charge in [0.1, 0.15) is 0 Å². The standard InChI is InChI=1S/C20H32N2O3/c1-13(2)12-25-18-9-8-15(11-19(18)24-4)14(3)22-20(23)16-6-5-7-17(21)10-16/h8-9,11,13-14,16-17H,5-7,10,12,21H2,1-4H3,(H,22,23). The van der Waals surface area contributed by atoms with Crippen molar-refractivity contribution in [3.8, 4) is 11.5 Å². The predicted octanol–water partition coefficient (Wildman–Crippen LogP) is 3.42. The third-order valence-electron chi connectivity index (χ3n) is 4.70. The molecule has 0 radical (unpaired) electrons. The van der Waals surface area contributed by atoms with Gasteiger partial charge in [0.25, 0.3) is 0 Å². The number of benzene rings is 1. The lowest BCUT2D eigenvalue weighted by Crippen LogP contribution is -2.38. The van der Waals surface area contributed by atoms with Crippen molar-refractivity contribution in [3.05, 3.63) is 23.8 Å². The van der Waals surface area contributed by atoms with Crippen LogP contribution in [0.1, 0.15) is 58.1 Å². The summed E-state index contributed by atoms with van der Waals surface area (Å²) in [5.74, 6) is 2.00. The third kappa shape index (κ3) is 5.63. The van der Waals surface area contributed by atoms with E-state index >= 15 is 0 Å². The maximum atomic E-state index is 12.5. The number of nitrogens with two attached hydrogens (primary N) is 1. The van der Waals surface area contributed by atoms with Crippen molar-refractivity contribution in [2.24, 2.45) is 17.6 Å². The molecule has 1 fully saturated rings. The molecule has 1 aliphatic rings. The molecule has 0 spiro atoms. The van der Waals surface area contributed by atoms with Crippen LogP contribution in [-0.2, 0) is 4.79 Å². The molecule has 5 nitrogen and oxygen atoms in total. The Morgan fingerprint density at radius 3 is 2.68 bits per heavy atom. The van der Waals surface area contributed by atoms with E-state index in [9.17, 15) is 4.79 Å². The highest BCUT2D eigenvalue weighted by Crippen LogP contribution is 2.31. The Bertz CT molecular complexity index is 574. The van der Waals surface area contributed by atoms with Gasteiger partial charge in [-0.2, -0.15) is 0 Å². The molecule has 0 saturated heterocycles. The second kappa shape index (κ2) is 9.09. The molecule has 140 valence electrons. The fourth-order valence-corrected chi connectivity index (χ4v) is 3.21. The first-order chi connectivity index (χ1) is 11.9. The number of hydrogen-bond donors (Lipinski definition) is 2. The zero-order chi connectivity index (χ0) is 18.4. The van der Waals surface area contributed by atoms with Gasteiger partial charge in [-0.3, -0.25) is 4.79 Å². The van der Waals surface area contributed by atoms with Crippen molar-refractivity contribution in [1.82, 2.24) is 5.32 Å². The van der Waals surface area contributed by atoms with Gasteiger partial charge >= 0.3 is 0 Å². The number of hydrogen-bond acceptors (Lipinski definition) is 4. The van der Waals surface area contributed by atoms with Crippen molar-refractivity contribution >= 4 is 5.91 Å². The monoisotopic (exact) mass is 348 g/mol. The first kappa shape index (κ1) is 19.6. The Kier molecular flexibility index (Phi) is 7.12. The van der Waals surface area contributed by atoms with E-state index in [-0.39, 0.29) is 23.9 Å². The highest BCUT2D eigenvalue weighted by molar-refractivity contribution is 5.79. The van der Waals surface area contributed by atoms with Gasteiger partial charge in [0.2, 0.25) is 5.91 Å². The quantitative estimate of drug-likeness (QED) is 0.792. The molecule has 1 aliphatic carbocycles. The summed E-state index contributed by atoms with van der Waals surface area (Å²) in [6, 6.07) is 5.90. The average Bonchev–Trinajstić information content (AvgIpc) is 2.59. The molecule has 0 aliphatic heterocycles. The van der Waals surface area contributed by atoms with Crippen molar-refractivity contribution in [3.63, 3.8) is 0 Å². The first-order valence-corrected chi connectivity index (χ1v) is 9.27. The summed E-state index contributed by atoms with van der Waals surface area (Å²) >= 11 is 0. The number of carbonyl (C=O) groups is 1. The molecule has 0 heterocycles. The minimum Gasteiger partial charge on any atom is -0.493 e. The summed E-state index contributed by atoms with van der Waals surface area (Å²) < 4.78 is 11.2. The van der Waals surface area contributed by atoms with Gasteiger partial charge in [-0.05, 0) is 49.8 Å². The van der Waals surface area contributed by atoms with E-state index in [1.54, 1.807) is 7.11 Å². The lowest BCUT2D eigenvalue weighted by molar-refractivity contribution is -0.126. The average molecular weight is 348 g/mol.